The highest BCUT2D eigenvalue weighted by molar-refractivity contribution is 6.00. The molecular weight excluding hydrogens is 343 g/mol. The summed E-state index contributed by atoms with van der Waals surface area (Å²) in [5.41, 5.74) is 4.68. The Morgan fingerprint density at radius 1 is 1.07 bits per heavy atom. The summed E-state index contributed by atoms with van der Waals surface area (Å²) in [4.78, 5) is 19.4. The molecule has 0 radical (unpaired) electrons. The minimum absolute atomic E-state index is 0.150. The van der Waals surface area contributed by atoms with E-state index >= 15 is 0 Å². The van der Waals surface area contributed by atoms with Gasteiger partial charge >= 0.3 is 6.03 Å². The highest BCUT2D eigenvalue weighted by Gasteiger charge is 2.09. The van der Waals surface area contributed by atoms with E-state index in [0.29, 0.717) is 5.69 Å². The van der Waals surface area contributed by atoms with Crippen LogP contribution in [-0.4, -0.2) is 16.0 Å². The fourth-order valence-corrected chi connectivity index (χ4v) is 2.96. The lowest BCUT2D eigenvalue weighted by Gasteiger charge is -2.10. The van der Waals surface area contributed by atoms with Crippen LogP contribution in [0.25, 0.3) is 22.0 Å². The van der Waals surface area contributed by atoms with Crippen LogP contribution in [0.1, 0.15) is 5.56 Å². The van der Waals surface area contributed by atoms with Gasteiger partial charge in [0.25, 0.3) is 0 Å². The zero-order valence-corrected chi connectivity index (χ0v) is 14.6. The van der Waals surface area contributed by atoms with Gasteiger partial charge < -0.3 is 15.6 Å². The molecule has 0 saturated carbocycles. The Morgan fingerprint density at radius 2 is 1.89 bits per heavy atom. The van der Waals surface area contributed by atoms with Crippen molar-refractivity contribution in [2.45, 2.75) is 6.92 Å². The monoisotopic (exact) mass is 360 g/mol. The Labute approximate surface area is 155 Å². The number of amides is 2. The number of carbonyl (C=O) groups excluding carboxylic acids is 1. The number of nitrogens with one attached hydrogen (secondary N) is 3. The molecule has 0 aliphatic carbocycles. The summed E-state index contributed by atoms with van der Waals surface area (Å²) in [6, 6.07) is 13.5. The molecule has 4 aromatic rings. The Balaban J connectivity index is 1.49. The van der Waals surface area contributed by atoms with Crippen LogP contribution in [0, 0.1) is 12.7 Å². The number of fused-ring (bicyclic) bond motifs is 1. The van der Waals surface area contributed by atoms with Gasteiger partial charge in [0.2, 0.25) is 0 Å². The molecule has 5 nitrogen and oxygen atoms in total. The average Bonchev–Trinajstić information content (AvgIpc) is 3.09. The molecule has 6 heteroatoms. The van der Waals surface area contributed by atoms with Crippen LogP contribution in [0.4, 0.5) is 20.6 Å². The molecule has 2 aromatic carbocycles. The van der Waals surface area contributed by atoms with Gasteiger partial charge in [-0.25, -0.2) is 9.18 Å². The molecule has 2 heterocycles. The van der Waals surface area contributed by atoms with E-state index in [-0.39, 0.29) is 5.69 Å². The molecule has 2 aromatic heterocycles. The second-order valence-electron chi connectivity index (χ2n) is 6.26. The number of rotatable bonds is 3. The highest BCUT2D eigenvalue weighted by atomic mass is 19.1. The van der Waals surface area contributed by atoms with Crippen molar-refractivity contribution in [2.75, 3.05) is 10.6 Å². The fourth-order valence-electron chi connectivity index (χ4n) is 2.96. The third kappa shape index (κ3) is 3.50. The van der Waals surface area contributed by atoms with Crippen LogP contribution < -0.4 is 10.6 Å². The van der Waals surface area contributed by atoms with Crippen molar-refractivity contribution in [3.05, 3.63) is 78.5 Å². The number of nitrogens with zero attached hydrogens (tertiary/aromatic N) is 1. The van der Waals surface area contributed by atoms with Gasteiger partial charge in [0, 0.05) is 29.0 Å². The van der Waals surface area contributed by atoms with Gasteiger partial charge in [-0.15, -0.1) is 0 Å². The zero-order chi connectivity index (χ0) is 18.8. The van der Waals surface area contributed by atoms with Gasteiger partial charge in [0.15, 0.2) is 0 Å². The van der Waals surface area contributed by atoms with E-state index in [2.05, 4.69) is 20.6 Å². The van der Waals surface area contributed by atoms with Crippen molar-refractivity contribution in [3.8, 4) is 11.1 Å². The van der Waals surface area contributed by atoms with Crippen molar-refractivity contribution < 1.29 is 9.18 Å². The first-order chi connectivity index (χ1) is 13.1. The molecule has 0 spiro atoms. The Kier molecular flexibility index (Phi) is 4.30. The number of urea groups is 1. The predicted molar refractivity (Wildman–Crippen MR) is 105 cm³/mol. The van der Waals surface area contributed by atoms with Crippen LogP contribution in [-0.2, 0) is 0 Å². The summed E-state index contributed by atoms with van der Waals surface area (Å²) in [6.07, 6.45) is 5.47. The van der Waals surface area contributed by atoms with Crippen LogP contribution in [0.2, 0.25) is 0 Å². The Morgan fingerprint density at radius 3 is 2.70 bits per heavy atom. The normalized spacial score (nSPS) is 10.7. The van der Waals surface area contributed by atoms with Crippen molar-refractivity contribution in [1.82, 2.24) is 9.97 Å². The van der Waals surface area contributed by atoms with E-state index in [1.165, 1.54) is 6.07 Å². The molecule has 0 atom stereocenters. The number of aromatic amines is 1. The molecule has 0 aliphatic heterocycles. The summed E-state index contributed by atoms with van der Waals surface area (Å²) in [7, 11) is 0. The number of aromatic nitrogens is 2. The zero-order valence-electron chi connectivity index (χ0n) is 14.6. The standard InChI is InChI=1S/C21H17FN4O/c1-13-2-7-18(22)19(10-13)26-21(27)25-15-5-3-14(4-6-15)17-11-24-20-12-23-9-8-16(17)20/h2-12,24H,1H3,(H2,25,26,27). The topological polar surface area (TPSA) is 69.8 Å². The number of pyridine rings is 1. The summed E-state index contributed by atoms with van der Waals surface area (Å²) >= 11 is 0. The SMILES string of the molecule is Cc1ccc(F)c(NC(=O)Nc2ccc(-c3c[nH]c4cnccc34)cc2)c1. The number of hydrogen-bond donors (Lipinski definition) is 3. The first-order valence-corrected chi connectivity index (χ1v) is 8.46. The lowest BCUT2D eigenvalue weighted by atomic mass is 10.1. The summed E-state index contributed by atoms with van der Waals surface area (Å²) in [6.45, 7) is 1.84. The van der Waals surface area contributed by atoms with Gasteiger partial charge in [-0.3, -0.25) is 4.98 Å². The maximum absolute atomic E-state index is 13.8. The van der Waals surface area contributed by atoms with Crippen LogP contribution in [0.5, 0.6) is 0 Å². The fraction of sp³-hybridized carbons (Fsp3) is 0.0476. The largest absolute Gasteiger partial charge is 0.359 e. The number of halogens is 1. The van der Waals surface area contributed by atoms with E-state index in [0.717, 1.165) is 27.6 Å². The predicted octanol–water partition coefficient (Wildman–Crippen LogP) is 5.32. The third-order valence-corrected chi connectivity index (χ3v) is 4.31. The van der Waals surface area contributed by atoms with Crippen LogP contribution in [0.3, 0.4) is 0 Å². The van der Waals surface area contributed by atoms with Gasteiger partial charge in [-0.2, -0.15) is 0 Å². The number of benzene rings is 2. The van der Waals surface area contributed by atoms with Crippen molar-refractivity contribution in [3.63, 3.8) is 0 Å². The number of aryl methyl sites for hydroxylation is 1. The van der Waals surface area contributed by atoms with Crippen LogP contribution >= 0.6 is 0 Å². The lowest BCUT2D eigenvalue weighted by Crippen LogP contribution is -2.20. The van der Waals surface area contributed by atoms with Crippen molar-refractivity contribution >= 4 is 28.3 Å². The maximum Gasteiger partial charge on any atom is 0.323 e. The lowest BCUT2D eigenvalue weighted by molar-refractivity contribution is 0.262. The third-order valence-electron chi connectivity index (χ3n) is 4.31. The maximum atomic E-state index is 13.8. The summed E-state index contributed by atoms with van der Waals surface area (Å²) in [5, 5.41) is 6.32. The molecule has 27 heavy (non-hydrogen) atoms. The van der Waals surface area contributed by atoms with E-state index in [4.69, 9.17) is 0 Å². The van der Waals surface area contributed by atoms with Crippen molar-refractivity contribution in [1.29, 1.82) is 0 Å². The molecule has 0 bridgehead atoms. The first kappa shape index (κ1) is 16.8. The first-order valence-electron chi connectivity index (χ1n) is 8.46. The molecule has 4 rings (SSSR count). The van der Waals surface area contributed by atoms with Gasteiger partial charge in [-0.1, -0.05) is 18.2 Å². The Hall–Kier alpha value is -3.67. The Bertz CT molecular complexity index is 1120. The van der Waals surface area contributed by atoms with Gasteiger partial charge in [0.1, 0.15) is 5.82 Å². The molecule has 2 amide bonds. The highest BCUT2D eigenvalue weighted by Crippen LogP contribution is 2.28. The van der Waals surface area contributed by atoms with Crippen molar-refractivity contribution in [2.24, 2.45) is 0 Å². The summed E-state index contributed by atoms with van der Waals surface area (Å²) < 4.78 is 13.8. The number of carbonyl (C=O) groups is 1. The average molecular weight is 360 g/mol. The second kappa shape index (κ2) is 6.92. The van der Waals surface area contributed by atoms with Gasteiger partial charge in [-0.05, 0) is 48.4 Å². The molecule has 0 unspecified atom stereocenters. The molecule has 0 fully saturated rings. The number of hydrogen-bond acceptors (Lipinski definition) is 2. The minimum atomic E-state index is -0.495. The molecule has 0 aliphatic rings. The van der Waals surface area contributed by atoms with E-state index in [1.807, 2.05) is 43.5 Å². The van der Waals surface area contributed by atoms with Gasteiger partial charge in [0.05, 0.1) is 17.4 Å². The molecule has 0 saturated heterocycles. The smallest absolute Gasteiger partial charge is 0.323 e. The van der Waals surface area contributed by atoms with E-state index in [9.17, 15) is 9.18 Å². The summed E-state index contributed by atoms with van der Waals surface area (Å²) in [5.74, 6) is -0.472. The molecule has 3 N–H and O–H groups in total. The molecule has 134 valence electrons. The number of H-pyrrole nitrogens is 1. The quantitative estimate of drug-likeness (QED) is 0.463. The number of anilines is 2. The minimum Gasteiger partial charge on any atom is -0.359 e. The van der Waals surface area contributed by atoms with E-state index in [1.54, 1.807) is 24.5 Å². The van der Waals surface area contributed by atoms with Crippen LogP contribution in [0.15, 0.2) is 67.1 Å². The molecular formula is C21H17FN4O. The second-order valence-corrected chi connectivity index (χ2v) is 6.26. The van der Waals surface area contributed by atoms with E-state index < -0.39 is 11.8 Å².